The molecule has 0 bridgehead atoms. The minimum atomic E-state index is 0.0635. The van der Waals surface area contributed by atoms with E-state index in [4.69, 9.17) is 9.84 Å². The summed E-state index contributed by atoms with van der Waals surface area (Å²) in [4.78, 5) is 31.4. The Morgan fingerprint density at radius 2 is 1.85 bits per heavy atom. The maximum atomic E-state index is 12.9. The van der Waals surface area contributed by atoms with Crippen molar-refractivity contribution >= 4 is 33.4 Å². The Labute approximate surface area is 244 Å². The zero-order chi connectivity index (χ0) is 27.8. The number of halogens is 1. The zero-order valence-corrected chi connectivity index (χ0v) is 24.8. The molecule has 40 heavy (non-hydrogen) atoms. The van der Waals surface area contributed by atoms with E-state index < -0.39 is 0 Å². The number of carbonyl (C=O) groups is 2. The van der Waals surface area contributed by atoms with Crippen LogP contribution in [0.5, 0.6) is 5.75 Å². The summed E-state index contributed by atoms with van der Waals surface area (Å²) < 4.78 is 8.94. The second kappa shape index (κ2) is 11.4. The first-order chi connectivity index (χ1) is 19.4. The Hall–Kier alpha value is -3.17. The van der Waals surface area contributed by atoms with Crippen molar-refractivity contribution in [1.82, 2.24) is 19.6 Å². The number of fused-ring (bicyclic) bond motifs is 2. The second-order valence-corrected chi connectivity index (χ2v) is 12.0. The van der Waals surface area contributed by atoms with Crippen LogP contribution in [0.25, 0.3) is 11.3 Å². The fourth-order valence-electron chi connectivity index (χ4n) is 6.41. The maximum Gasteiger partial charge on any atom is 0.265 e. The Balaban J connectivity index is 1.10. The van der Waals surface area contributed by atoms with Crippen LogP contribution >= 0.6 is 15.9 Å². The molecule has 9 heteroatoms. The smallest absolute Gasteiger partial charge is 0.265 e. The molecule has 1 aromatic heterocycles. The topological polar surface area (TPSA) is 70.9 Å². The van der Waals surface area contributed by atoms with Crippen molar-refractivity contribution in [3.05, 3.63) is 63.8 Å². The molecule has 0 spiro atoms. The van der Waals surface area contributed by atoms with Gasteiger partial charge in [-0.1, -0.05) is 40.2 Å². The van der Waals surface area contributed by atoms with E-state index >= 15 is 0 Å². The molecular formula is C31H36BrN5O3. The molecule has 210 valence electrons. The Morgan fingerprint density at radius 1 is 1.07 bits per heavy atom. The van der Waals surface area contributed by atoms with Crippen molar-refractivity contribution in [2.75, 3.05) is 37.7 Å². The van der Waals surface area contributed by atoms with E-state index in [1.165, 1.54) is 11.3 Å². The first-order valence-corrected chi connectivity index (χ1v) is 15.0. The molecule has 0 saturated carbocycles. The zero-order valence-electron chi connectivity index (χ0n) is 23.2. The summed E-state index contributed by atoms with van der Waals surface area (Å²) in [6.07, 6.45) is 3.77. The van der Waals surface area contributed by atoms with Crippen molar-refractivity contribution in [2.45, 2.75) is 58.7 Å². The summed E-state index contributed by atoms with van der Waals surface area (Å²) >= 11 is 3.53. The number of hydrogen-bond acceptors (Lipinski definition) is 5. The second-order valence-electron chi connectivity index (χ2n) is 11.1. The van der Waals surface area contributed by atoms with Gasteiger partial charge >= 0.3 is 0 Å². The lowest BCUT2D eigenvalue weighted by molar-refractivity contribution is -0.129. The van der Waals surface area contributed by atoms with Gasteiger partial charge in [-0.2, -0.15) is 5.10 Å². The van der Waals surface area contributed by atoms with Crippen molar-refractivity contribution in [3.8, 4) is 17.0 Å². The van der Waals surface area contributed by atoms with Gasteiger partial charge in [0.25, 0.3) is 5.91 Å². The summed E-state index contributed by atoms with van der Waals surface area (Å²) in [6.45, 7) is 8.99. The van der Waals surface area contributed by atoms with Crippen LogP contribution < -0.4 is 9.64 Å². The summed E-state index contributed by atoms with van der Waals surface area (Å²) in [6, 6.07) is 14.5. The normalized spacial score (nSPS) is 17.9. The molecule has 0 aliphatic carbocycles. The molecule has 1 saturated heterocycles. The van der Waals surface area contributed by atoms with Crippen LogP contribution in [0.2, 0.25) is 0 Å². The number of rotatable bonds is 6. The quantitative estimate of drug-likeness (QED) is 0.403. The average molecular weight is 607 g/mol. The Bertz CT molecular complexity index is 1410. The van der Waals surface area contributed by atoms with Gasteiger partial charge in [-0.3, -0.25) is 14.3 Å². The van der Waals surface area contributed by atoms with Gasteiger partial charge in [-0.05, 0) is 56.5 Å². The summed E-state index contributed by atoms with van der Waals surface area (Å²) in [5, 5.41) is 5.07. The summed E-state index contributed by atoms with van der Waals surface area (Å²) in [5.74, 6) is 0.994. The Morgan fingerprint density at radius 3 is 2.60 bits per heavy atom. The van der Waals surface area contributed by atoms with E-state index in [9.17, 15) is 9.59 Å². The highest BCUT2D eigenvalue weighted by Gasteiger charge is 2.34. The highest BCUT2D eigenvalue weighted by molar-refractivity contribution is 9.10. The lowest BCUT2D eigenvalue weighted by Crippen LogP contribution is -2.51. The lowest BCUT2D eigenvalue weighted by Gasteiger charge is -2.41. The molecular weight excluding hydrogens is 570 g/mol. The van der Waals surface area contributed by atoms with E-state index in [2.05, 4.69) is 50.6 Å². The van der Waals surface area contributed by atoms with Gasteiger partial charge < -0.3 is 19.4 Å². The molecule has 0 N–H and O–H groups in total. The van der Waals surface area contributed by atoms with Gasteiger partial charge in [-0.15, -0.1) is 0 Å². The molecule has 2 amide bonds. The summed E-state index contributed by atoms with van der Waals surface area (Å²) in [5.41, 5.74) is 6.54. The third kappa shape index (κ3) is 5.29. The molecule has 1 fully saturated rings. The van der Waals surface area contributed by atoms with Crippen molar-refractivity contribution in [3.63, 3.8) is 0 Å². The molecule has 3 aliphatic rings. The highest BCUT2D eigenvalue weighted by Crippen LogP contribution is 2.38. The SMILES string of the molecule is CC(=O)N1CCc2c(c(-c3ccc(Br)cc3)nn2CCCN2CCC(N3C(=O)COc4cccc(C)c43)CC2)C1. The van der Waals surface area contributed by atoms with Gasteiger partial charge in [-0.25, -0.2) is 0 Å². The van der Waals surface area contributed by atoms with Gasteiger partial charge in [0.1, 0.15) is 5.75 Å². The number of hydrogen-bond donors (Lipinski definition) is 0. The third-order valence-electron chi connectivity index (χ3n) is 8.52. The standard InChI is InChI=1S/C31H36BrN5O3/c1-21-5-3-6-28-31(21)37(29(39)20-40-28)25-11-16-34(17-12-25)14-4-15-36-27-13-18-35(22(2)38)19-26(27)30(33-36)23-7-9-24(32)10-8-23/h3,5-10,25H,4,11-20H2,1-2H3. The predicted octanol–water partition coefficient (Wildman–Crippen LogP) is 4.81. The lowest BCUT2D eigenvalue weighted by atomic mass is 9.99. The minimum absolute atomic E-state index is 0.0635. The molecule has 0 radical (unpaired) electrons. The van der Waals surface area contributed by atoms with Crippen LogP contribution in [0.3, 0.4) is 0 Å². The molecule has 0 atom stereocenters. The van der Waals surface area contributed by atoms with Crippen LogP contribution in [0, 0.1) is 6.92 Å². The van der Waals surface area contributed by atoms with Gasteiger partial charge in [0.2, 0.25) is 5.91 Å². The number of para-hydroxylation sites is 1. The number of aromatic nitrogens is 2. The average Bonchev–Trinajstić information content (AvgIpc) is 3.32. The minimum Gasteiger partial charge on any atom is -0.482 e. The molecule has 3 aliphatic heterocycles. The van der Waals surface area contributed by atoms with Crippen LogP contribution in [0.15, 0.2) is 46.9 Å². The molecule has 4 heterocycles. The van der Waals surface area contributed by atoms with E-state index in [0.717, 1.165) is 91.1 Å². The van der Waals surface area contributed by atoms with Gasteiger partial charge in [0, 0.05) is 73.4 Å². The molecule has 6 rings (SSSR count). The van der Waals surface area contributed by atoms with Crippen LogP contribution in [-0.4, -0.2) is 70.2 Å². The predicted molar refractivity (Wildman–Crippen MR) is 158 cm³/mol. The van der Waals surface area contributed by atoms with Crippen LogP contribution in [0.4, 0.5) is 5.69 Å². The highest BCUT2D eigenvalue weighted by atomic mass is 79.9. The van der Waals surface area contributed by atoms with E-state index in [-0.39, 0.29) is 24.5 Å². The maximum absolute atomic E-state index is 12.9. The first-order valence-electron chi connectivity index (χ1n) is 14.3. The number of nitrogens with zero attached hydrogens (tertiary/aromatic N) is 5. The number of likely N-dealkylation sites (tertiary alicyclic amines) is 1. The molecule has 8 nitrogen and oxygen atoms in total. The van der Waals surface area contributed by atoms with Crippen LogP contribution in [0.1, 0.15) is 43.0 Å². The number of piperidine rings is 1. The third-order valence-corrected chi connectivity index (χ3v) is 9.05. The number of carbonyl (C=O) groups excluding carboxylic acids is 2. The monoisotopic (exact) mass is 605 g/mol. The number of amides is 2. The molecule has 0 unspecified atom stereocenters. The molecule has 3 aromatic rings. The number of benzene rings is 2. The van der Waals surface area contributed by atoms with Crippen LogP contribution in [-0.2, 0) is 29.1 Å². The first kappa shape index (κ1) is 27.0. The van der Waals surface area contributed by atoms with Gasteiger partial charge in [0.15, 0.2) is 6.61 Å². The summed E-state index contributed by atoms with van der Waals surface area (Å²) in [7, 11) is 0. The fraction of sp³-hybridized carbons (Fsp3) is 0.452. The fourth-order valence-corrected chi connectivity index (χ4v) is 6.67. The van der Waals surface area contributed by atoms with Crippen molar-refractivity contribution in [1.29, 1.82) is 0 Å². The largest absolute Gasteiger partial charge is 0.482 e. The van der Waals surface area contributed by atoms with Crippen molar-refractivity contribution in [2.24, 2.45) is 0 Å². The number of ether oxygens (including phenoxy) is 1. The van der Waals surface area contributed by atoms with E-state index in [1.54, 1.807) is 6.92 Å². The molecule has 2 aromatic carbocycles. The Kier molecular flexibility index (Phi) is 7.68. The van der Waals surface area contributed by atoms with E-state index in [0.29, 0.717) is 6.54 Å². The van der Waals surface area contributed by atoms with E-state index in [1.807, 2.05) is 34.1 Å². The number of aryl methyl sites for hydroxylation is 2. The van der Waals surface area contributed by atoms with Crippen molar-refractivity contribution < 1.29 is 14.3 Å². The van der Waals surface area contributed by atoms with Gasteiger partial charge in [0.05, 0.1) is 11.4 Å². The number of anilines is 1.